The number of amides is 2. The van der Waals surface area contributed by atoms with E-state index in [1.54, 1.807) is 12.0 Å². The largest absolute Gasteiger partial charge is 0.497 e. The van der Waals surface area contributed by atoms with E-state index in [1.807, 2.05) is 24.3 Å². The molecule has 2 amide bonds. The van der Waals surface area contributed by atoms with Crippen molar-refractivity contribution in [2.45, 2.75) is 51.1 Å². The number of carbonyl (C=O) groups excluding carboxylic acids is 2. The van der Waals surface area contributed by atoms with Gasteiger partial charge >= 0.3 is 5.97 Å². The maximum atomic E-state index is 12.7. The van der Waals surface area contributed by atoms with E-state index in [2.05, 4.69) is 5.32 Å². The quantitative estimate of drug-likeness (QED) is 0.729. The summed E-state index contributed by atoms with van der Waals surface area (Å²) in [5.74, 6) is -1.32. The van der Waals surface area contributed by atoms with Crippen LogP contribution >= 0.6 is 0 Å². The second-order valence-corrected chi connectivity index (χ2v) is 7.72. The first-order valence-electron chi connectivity index (χ1n) is 9.92. The van der Waals surface area contributed by atoms with Crippen LogP contribution in [0.5, 0.6) is 5.75 Å². The third-order valence-corrected chi connectivity index (χ3v) is 5.78. The molecule has 0 aromatic heterocycles. The van der Waals surface area contributed by atoms with E-state index in [9.17, 15) is 19.5 Å². The summed E-state index contributed by atoms with van der Waals surface area (Å²) in [5, 5.41) is 12.4. The molecule has 7 heteroatoms. The molecule has 1 aliphatic heterocycles. The van der Waals surface area contributed by atoms with Gasteiger partial charge in [-0.25, -0.2) is 0 Å². The van der Waals surface area contributed by atoms with E-state index < -0.39 is 17.8 Å². The van der Waals surface area contributed by atoms with Gasteiger partial charge in [-0.05, 0) is 30.5 Å². The smallest absolute Gasteiger partial charge is 0.308 e. The molecule has 1 saturated carbocycles. The summed E-state index contributed by atoms with van der Waals surface area (Å²) in [6.45, 7) is 0.814. The summed E-state index contributed by atoms with van der Waals surface area (Å²) >= 11 is 0. The van der Waals surface area contributed by atoms with Crippen molar-refractivity contribution in [3.05, 3.63) is 29.8 Å². The summed E-state index contributed by atoms with van der Waals surface area (Å²) in [7, 11) is 1.60. The Labute approximate surface area is 165 Å². The van der Waals surface area contributed by atoms with Crippen LogP contribution in [0, 0.1) is 11.8 Å². The highest BCUT2D eigenvalue weighted by atomic mass is 16.5. The molecule has 0 radical (unpaired) electrons. The highest BCUT2D eigenvalue weighted by Gasteiger charge is 2.37. The Balaban J connectivity index is 1.58. The number of hydrogen-bond acceptors (Lipinski definition) is 4. The number of carbonyl (C=O) groups is 3. The molecular weight excluding hydrogens is 360 g/mol. The molecule has 2 N–H and O–H groups in total. The molecule has 7 nitrogen and oxygen atoms in total. The minimum Gasteiger partial charge on any atom is -0.497 e. The first kappa shape index (κ1) is 20.2. The van der Waals surface area contributed by atoms with Crippen molar-refractivity contribution in [3.8, 4) is 5.75 Å². The zero-order valence-electron chi connectivity index (χ0n) is 16.2. The second-order valence-electron chi connectivity index (χ2n) is 7.72. The Morgan fingerprint density at radius 3 is 2.57 bits per heavy atom. The van der Waals surface area contributed by atoms with E-state index in [0.29, 0.717) is 25.9 Å². The SMILES string of the molecule is COc1ccc(CN2CC(C(=O)N[C@H]3CCCCC[C@H]3C(=O)O)CC2=O)cc1. The van der Waals surface area contributed by atoms with Gasteiger partial charge in [0.25, 0.3) is 0 Å². The van der Waals surface area contributed by atoms with E-state index in [0.717, 1.165) is 30.6 Å². The van der Waals surface area contributed by atoms with Gasteiger partial charge < -0.3 is 20.1 Å². The standard InChI is InChI=1S/C21H28N2O5/c1-28-16-9-7-14(8-10-16)12-23-13-15(11-19(23)24)20(25)22-18-6-4-2-3-5-17(18)21(26)27/h7-10,15,17-18H,2-6,11-13H2,1H3,(H,22,25)(H,26,27)/t15?,17-,18+/m1/s1. The van der Waals surface area contributed by atoms with Gasteiger partial charge in [-0.2, -0.15) is 0 Å². The van der Waals surface area contributed by atoms with Crippen molar-refractivity contribution < 1.29 is 24.2 Å². The summed E-state index contributed by atoms with van der Waals surface area (Å²) in [4.78, 5) is 38.3. The van der Waals surface area contributed by atoms with Crippen LogP contribution in [0.4, 0.5) is 0 Å². The van der Waals surface area contributed by atoms with Crippen molar-refractivity contribution in [2.75, 3.05) is 13.7 Å². The summed E-state index contributed by atoms with van der Waals surface area (Å²) < 4.78 is 5.14. The lowest BCUT2D eigenvalue weighted by Gasteiger charge is -2.24. The number of benzene rings is 1. The highest BCUT2D eigenvalue weighted by molar-refractivity contribution is 5.89. The summed E-state index contributed by atoms with van der Waals surface area (Å²) in [6, 6.07) is 7.15. The number of ether oxygens (including phenoxy) is 1. The molecule has 1 heterocycles. The maximum Gasteiger partial charge on any atom is 0.308 e. The van der Waals surface area contributed by atoms with E-state index >= 15 is 0 Å². The highest BCUT2D eigenvalue weighted by Crippen LogP contribution is 2.26. The first-order chi connectivity index (χ1) is 13.5. The van der Waals surface area contributed by atoms with Gasteiger partial charge in [-0.1, -0.05) is 31.4 Å². The number of carboxylic acids is 1. The topological polar surface area (TPSA) is 95.9 Å². The van der Waals surface area contributed by atoms with Crippen LogP contribution in [0.15, 0.2) is 24.3 Å². The minimum atomic E-state index is -0.851. The van der Waals surface area contributed by atoms with Crippen LogP contribution in [-0.2, 0) is 20.9 Å². The number of rotatable bonds is 6. The van der Waals surface area contributed by atoms with Crippen LogP contribution in [0.25, 0.3) is 0 Å². The summed E-state index contributed by atoms with van der Waals surface area (Å²) in [6.07, 6.45) is 4.23. The Morgan fingerprint density at radius 1 is 1.18 bits per heavy atom. The lowest BCUT2D eigenvalue weighted by molar-refractivity contribution is -0.143. The van der Waals surface area contributed by atoms with Gasteiger partial charge in [0.1, 0.15) is 5.75 Å². The molecule has 1 saturated heterocycles. The molecule has 2 aliphatic rings. The lowest BCUT2D eigenvalue weighted by atomic mass is 9.94. The molecule has 152 valence electrons. The number of aliphatic carboxylic acids is 1. The van der Waals surface area contributed by atoms with E-state index in [-0.39, 0.29) is 24.3 Å². The number of hydrogen-bond donors (Lipinski definition) is 2. The van der Waals surface area contributed by atoms with Crippen LogP contribution in [0.1, 0.15) is 44.1 Å². The zero-order valence-corrected chi connectivity index (χ0v) is 16.2. The molecule has 1 aromatic rings. The predicted octanol–water partition coefficient (Wildman–Crippen LogP) is 2.19. The average molecular weight is 388 g/mol. The molecule has 3 atom stereocenters. The zero-order chi connectivity index (χ0) is 20.1. The van der Waals surface area contributed by atoms with Gasteiger partial charge in [0.05, 0.1) is 18.9 Å². The number of nitrogens with zero attached hydrogens (tertiary/aromatic N) is 1. The predicted molar refractivity (Wildman–Crippen MR) is 103 cm³/mol. The normalized spacial score (nSPS) is 25.2. The number of carboxylic acid groups (broad SMARTS) is 1. The van der Waals surface area contributed by atoms with Gasteiger partial charge in [-0.3, -0.25) is 14.4 Å². The first-order valence-corrected chi connectivity index (χ1v) is 9.92. The fraction of sp³-hybridized carbons (Fsp3) is 0.571. The molecule has 0 spiro atoms. The van der Waals surface area contributed by atoms with E-state index in [4.69, 9.17) is 4.74 Å². The van der Waals surface area contributed by atoms with Crippen LogP contribution < -0.4 is 10.1 Å². The molecule has 0 bridgehead atoms. The van der Waals surface area contributed by atoms with Gasteiger partial charge in [0.15, 0.2) is 0 Å². The monoisotopic (exact) mass is 388 g/mol. The average Bonchev–Trinajstić information content (AvgIpc) is 2.89. The molecule has 1 unspecified atom stereocenters. The van der Waals surface area contributed by atoms with Gasteiger partial charge in [0, 0.05) is 25.6 Å². The Bertz CT molecular complexity index is 718. The molecule has 1 aliphatic carbocycles. The van der Waals surface area contributed by atoms with Crippen molar-refractivity contribution in [1.82, 2.24) is 10.2 Å². The third kappa shape index (κ3) is 4.82. The fourth-order valence-corrected chi connectivity index (χ4v) is 4.13. The third-order valence-electron chi connectivity index (χ3n) is 5.78. The molecule has 2 fully saturated rings. The lowest BCUT2D eigenvalue weighted by Crippen LogP contribution is -2.45. The minimum absolute atomic E-state index is 0.0494. The van der Waals surface area contributed by atoms with E-state index in [1.165, 1.54) is 0 Å². The Morgan fingerprint density at radius 2 is 1.89 bits per heavy atom. The van der Waals surface area contributed by atoms with Gasteiger partial charge in [-0.15, -0.1) is 0 Å². The summed E-state index contributed by atoms with van der Waals surface area (Å²) in [5.41, 5.74) is 0.977. The van der Waals surface area contributed by atoms with Crippen molar-refractivity contribution >= 4 is 17.8 Å². The van der Waals surface area contributed by atoms with Crippen LogP contribution in [-0.4, -0.2) is 47.5 Å². The van der Waals surface area contributed by atoms with Crippen LogP contribution in [0.3, 0.4) is 0 Å². The number of nitrogens with one attached hydrogen (secondary N) is 1. The fourth-order valence-electron chi connectivity index (χ4n) is 4.13. The molecule has 28 heavy (non-hydrogen) atoms. The number of methoxy groups -OCH3 is 1. The molecular formula is C21H28N2O5. The maximum absolute atomic E-state index is 12.7. The number of likely N-dealkylation sites (tertiary alicyclic amines) is 1. The van der Waals surface area contributed by atoms with Crippen molar-refractivity contribution in [2.24, 2.45) is 11.8 Å². The Hall–Kier alpha value is -2.57. The molecule has 1 aromatic carbocycles. The second kappa shape index (κ2) is 9.08. The Kier molecular flexibility index (Phi) is 6.54. The van der Waals surface area contributed by atoms with Gasteiger partial charge in [0.2, 0.25) is 11.8 Å². The van der Waals surface area contributed by atoms with Crippen molar-refractivity contribution in [1.29, 1.82) is 0 Å². The van der Waals surface area contributed by atoms with Crippen LogP contribution in [0.2, 0.25) is 0 Å². The van der Waals surface area contributed by atoms with Crippen molar-refractivity contribution in [3.63, 3.8) is 0 Å². The molecule has 3 rings (SSSR count).